The van der Waals surface area contributed by atoms with Crippen LogP contribution in [0, 0.1) is 0 Å². The maximum Gasteiger partial charge on any atom is 0.0632 e. The maximum atomic E-state index is 5.49. The normalized spacial score (nSPS) is 29.8. The lowest BCUT2D eigenvalue weighted by Crippen LogP contribution is -2.51. The van der Waals surface area contributed by atoms with Crippen molar-refractivity contribution in [3.63, 3.8) is 0 Å². The molecule has 0 aromatic heterocycles. The van der Waals surface area contributed by atoms with Gasteiger partial charge in [0.05, 0.1) is 13.2 Å². The summed E-state index contributed by atoms with van der Waals surface area (Å²) in [7, 11) is 4.47. The van der Waals surface area contributed by atoms with E-state index in [0.717, 1.165) is 32.3 Å². The molecule has 1 N–H and O–H groups in total. The molecule has 4 heteroatoms. The second-order valence-electron chi connectivity index (χ2n) is 5.20. The number of morpholine rings is 1. The number of nitrogens with zero attached hydrogens (tertiary/aromatic N) is 2. The van der Waals surface area contributed by atoms with Crippen LogP contribution in [0.1, 0.15) is 12.8 Å². The zero-order chi connectivity index (χ0) is 11.4. The average Bonchev–Trinajstić information content (AvgIpc) is 2.31. The van der Waals surface area contributed by atoms with Crippen LogP contribution < -0.4 is 5.32 Å². The van der Waals surface area contributed by atoms with Crippen molar-refractivity contribution in [2.45, 2.75) is 24.9 Å². The minimum absolute atomic E-state index is 0.526. The van der Waals surface area contributed by atoms with E-state index in [9.17, 15) is 0 Å². The molecule has 16 heavy (non-hydrogen) atoms. The van der Waals surface area contributed by atoms with Crippen LogP contribution in [0.25, 0.3) is 0 Å². The predicted molar refractivity (Wildman–Crippen MR) is 65.8 cm³/mol. The van der Waals surface area contributed by atoms with Crippen LogP contribution >= 0.6 is 0 Å². The number of likely N-dealkylation sites (tertiary alicyclic amines) is 1. The second-order valence-corrected chi connectivity index (χ2v) is 5.20. The van der Waals surface area contributed by atoms with Gasteiger partial charge in [-0.3, -0.25) is 0 Å². The Hall–Kier alpha value is -0.160. The Kier molecular flexibility index (Phi) is 4.58. The van der Waals surface area contributed by atoms with E-state index < -0.39 is 0 Å². The first-order chi connectivity index (χ1) is 7.75. The molecule has 2 rings (SSSR count). The molecule has 0 aromatic carbocycles. The minimum Gasteiger partial charge on any atom is -0.378 e. The summed E-state index contributed by atoms with van der Waals surface area (Å²) in [5.74, 6) is 0. The summed E-state index contributed by atoms with van der Waals surface area (Å²) in [6.45, 7) is 6.35. The molecule has 4 nitrogen and oxygen atoms in total. The number of rotatable bonds is 3. The molecule has 2 heterocycles. The van der Waals surface area contributed by atoms with Crippen molar-refractivity contribution in [1.29, 1.82) is 0 Å². The van der Waals surface area contributed by atoms with Crippen molar-refractivity contribution in [2.24, 2.45) is 0 Å². The van der Waals surface area contributed by atoms with Gasteiger partial charge in [0.15, 0.2) is 0 Å². The molecule has 0 amide bonds. The first kappa shape index (κ1) is 12.3. The van der Waals surface area contributed by atoms with Crippen LogP contribution in [0.2, 0.25) is 0 Å². The smallest absolute Gasteiger partial charge is 0.0632 e. The molecule has 0 spiro atoms. The monoisotopic (exact) mass is 227 g/mol. The maximum absolute atomic E-state index is 5.49. The molecular weight excluding hydrogens is 202 g/mol. The van der Waals surface area contributed by atoms with Gasteiger partial charge in [0.1, 0.15) is 0 Å². The summed E-state index contributed by atoms with van der Waals surface area (Å²) < 4.78 is 5.49. The highest BCUT2D eigenvalue weighted by atomic mass is 16.5. The van der Waals surface area contributed by atoms with E-state index in [1.54, 1.807) is 0 Å². The number of hydrogen-bond donors (Lipinski definition) is 1. The van der Waals surface area contributed by atoms with Gasteiger partial charge in [-0.1, -0.05) is 0 Å². The molecule has 0 aromatic rings. The lowest BCUT2D eigenvalue weighted by Gasteiger charge is -2.37. The van der Waals surface area contributed by atoms with Gasteiger partial charge < -0.3 is 19.9 Å². The third-order valence-electron chi connectivity index (χ3n) is 3.82. The SMILES string of the molecule is CN1CCC(N(C)CC2COCCN2)CC1. The Morgan fingerprint density at radius 3 is 2.75 bits per heavy atom. The Morgan fingerprint density at radius 2 is 2.12 bits per heavy atom. The largest absolute Gasteiger partial charge is 0.378 e. The van der Waals surface area contributed by atoms with E-state index in [2.05, 4.69) is 29.2 Å². The van der Waals surface area contributed by atoms with Crippen LogP contribution in [-0.4, -0.2) is 75.4 Å². The lowest BCUT2D eigenvalue weighted by molar-refractivity contribution is 0.0526. The molecule has 1 atom stereocenters. The van der Waals surface area contributed by atoms with Gasteiger partial charge in [-0.15, -0.1) is 0 Å². The highest BCUT2D eigenvalue weighted by molar-refractivity contribution is 4.81. The zero-order valence-corrected chi connectivity index (χ0v) is 10.6. The molecule has 0 radical (unpaired) electrons. The summed E-state index contributed by atoms with van der Waals surface area (Å²) in [6, 6.07) is 1.29. The number of likely N-dealkylation sites (N-methyl/N-ethyl adjacent to an activating group) is 1. The third kappa shape index (κ3) is 3.42. The summed E-state index contributed by atoms with van der Waals surface area (Å²) in [4.78, 5) is 4.94. The van der Waals surface area contributed by atoms with Crippen LogP contribution in [0.5, 0.6) is 0 Å². The van der Waals surface area contributed by atoms with Gasteiger partial charge in [0, 0.05) is 25.2 Å². The van der Waals surface area contributed by atoms with Gasteiger partial charge in [0.2, 0.25) is 0 Å². The second kappa shape index (κ2) is 5.96. The first-order valence-corrected chi connectivity index (χ1v) is 6.45. The van der Waals surface area contributed by atoms with E-state index in [1.807, 2.05) is 0 Å². The van der Waals surface area contributed by atoms with E-state index in [0.29, 0.717) is 6.04 Å². The van der Waals surface area contributed by atoms with Gasteiger partial charge in [-0.2, -0.15) is 0 Å². The first-order valence-electron chi connectivity index (χ1n) is 6.45. The molecule has 0 bridgehead atoms. The fraction of sp³-hybridized carbons (Fsp3) is 1.00. The van der Waals surface area contributed by atoms with Crippen molar-refractivity contribution in [1.82, 2.24) is 15.1 Å². The predicted octanol–water partition coefficient (Wildman–Crippen LogP) is 0.000800. The highest BCUT2D eigenvalue weighted by Gasteiger charge is 2.23. The molecule has 2 saturated heterocycles. The minimum atomic E-state index is 0.526. The Bertz CT molecular complexity index is 198. The Balaban J connectivity index is 1.72. The van der Waals surface area contributed by atoms with E-state index >= 15 is 0 Å². The zero-order valence-electron chi connectivity index (χ0n) is 10.6. The van der Waals surface area contributed by atoms with Crippen LogP contribution in [0.15, 0.2) is 0 Å². The Labute approximate surface area is 98.9 Å². The van der Waals surface area contributed by atoms with Crippen molar-refractivity contribution < 1.29 is 4.74 Å². The van der Waals surface area contributed by atoms with Gasteiger partial charge in [-0.05, 0) is 40.0 Å². The number of hydrogen-bond acceptors (Lipinski definition) is 4. The fourth-order valence-corrected chi connectivity index (χ4v) is 2.67. The average molecular weight is 227 g/mol. The molecule has 2 aliphatic heterocycles. The topological polar surface area (TPSA) is 27.7 Å². The number of nitrogens with one attached hydrogen (secondary N) is 1. The molecule has 0 saturated carbocycles. The summed E-state index contributed by atoms with van der Waals surface area (Å²) >= 11 is 0. The molecule has 94 valence electrons. The standard InChI is InChI=1S/C12H25N3O/c1-14-6-3-12(4-7-14)15(2)9-11-10-16-8-5-13-11/h11-13H,3-10H2,1-2H3. The van der Waals surface area contributed by atoms with E-state index in [4.69, 9.17) is 4.74 Å². The van der Waals surface area contributed by atoms with E-state index in [-0.39, 0.29) is 0 Å². The van der Waals surface area contributed by atoms with Gasteiger partial charge >= 0.3 is 0 Å². The summed E-state index contributed by atoms with van der Waals surface area (Å²) in [5, 5.41) is 3.52. The van der Waals surface area contributed by atoms with Crippen molar-refractivity contribution in [3.05, 3.63) is 0 Å². The summed E-state index contributed by atoms with van der Waals surface area (Å²) in [5.41, 5.74) is 0. The Morgan fingerprint density at radius 1 is 1.38 bits per heavy atom. The van der Waals surface area contributed by atoms with Crippen LogP contribution in [0.3, 0.4) is 0 Å². The molecule has 2 aliphatic rings. The van der Waals surface area contributed by atoms with Crippen molar-refractivity contribution in [2.75, 3.05) is 53.5 Å². The third-order valence-corrected chi connectivity index (χ3v) is 3.82. The quantitative estimate of drug-likeness (QED) is 0.734. The summed E-state index contributed by atoms with van der Waals surface area (Å²) in [6.07, 6.45) is 2.61. The van der Waals surface area contributed by atoms with Gasteiger partial charge in [0.25, 0.3) is 0 Å². The van der Waals surface area contributed by atoms with Gasteiger partial charge in [-0.25, -0.2) is 0 Å². The van der Waals surface area contributed by atoms with Crippen molar-refractivity contribution >= 4 is 0 Å². The highest BCUT2D eigenvalue weighted by Crippen LogP contribution is 2.14. The van der Waals surface area contributed by atoms with Crippen LogP contribution in [0.4, 0.5) is 0 Å². The van der Waals surface area contributed by atoms with Crippen molar-refractivity contribution in [3.8, 4) is 0 Å². The molecule has 0 aliphatic carbocycles. The number of piperidine rings is 1. The molecule has 1 unspecified atom stereocenters. The molecular formula is C12H25N3O. The fourth-order valence-electron chi connectivity index (χ4n) is 2.67. The molecule has 2 fully saturated rings. The van der Waals surface area contributed by atoms with E-state index in [1.165, 1.54) is 25.9 Å². The lowest BCUT2D eigenvalue weighted by atomic mass is 10.0. The van der Waals surface area contributed by atoms with Crippen LogP contribution in [-0.2, 0) is 4.74 Å². The number of ether oxygens (including phenoxy) is 1.